The van der Waals surface area contributed by atoms with Crippen molar-refractivity contribution in [1.29, 1.82) is 0 Å². The molecular formula is C14H19N3O. The Morgan fingerprint density at radius 2 is 2.17 bits per heavy atom. The summed E-state index contributed by atoms with van der Waals surface area (Å²) < 4.78 is 7.70. The third-order valence-corrected chi connectivity index (χ3v) is 3.67. The maximum Gasteiger partial charge on any atom is 0.120 e. The minimum atomic E-state index is 0.730. The first kappa shape index (κ1) is 11.6. The van der Waals surface area contributed by atoms with Gasteiger partial charge in [0.15, 0.2) is 0 Å². The summed E-state index contributed by atoms with van der Waals surface area (Å²) >= 11 is 0. The SMILES string of the molecule is COc1ccc2cc3n(c2c1)CCN(CCN)C3. The molecule has 96 valence electrons. The topological polar surface area (TPSA) is 43.4 Å². The smallest absolute Gasteiger partial charge is 0.120 e. The van der Waals surface area contributed by atoms with E-state index >= 15 is 0 Å². The number of hydrogen-bond acceptors (Lipinski definition) is 3. The van der Waals surface area contributed by atoms with Gasteiger partial charge in [-0.3, -0.25) is 4.90 Å². The van der Waals surface area contributed by atoms with Crippen LogP contribution in [0.5, 0.6) is 5.75 Å². The molecule has 1 aliphatic rings. The van der Waals surface area contributed by atoms with Gasteiger partial charge in [-0.1, -0.05) is 0 Å². The normalized spacial score (nSPS) is 15.9. The summed E-state index contributed by atoms with van der Waals surface area (Å²) in [5.41, 5.74) is 8.28. The molecule has 0 unspecified atom stereocenters. The van der Waals surface area contributed by atoms with Gasteiger partial charge >= 0.3 is 0 Å². The highest BCUT2D eigenvalue weighted by Crippen LogP contribution is 2.27. The molecule has 3 rings (SSSR count). The molecular weight excluding hydrogens is 226 g/mol. The number of ether oxygens (including phenoxy) is 1. The highest BCUT2D eigenvalue weighted by Gasteiger charge is 2.18. The second-order valence-electron chi connectivity index (χ2n) is 4.78. The molecule has 0 atom stereocenters. The Morgan fingerprint density at radius 1 is 1.28 bits per heavy atom. The molecule has 1 aromatic carbocycles. The van der Waals surface area contributed by atoms with Gasteiger partial charge in [0.25, 0.3) is 0 Å². The molecule has 1 aliphatic heterocycles. The first-order valence-corrected chi connectivity index (χ1v) is 6.40. The van der Waals surface area contributed by atoms with Crippen LogP contribution in [0.15, 0.2) is 24.3 Å². The fraction of sp³-hybridized carbons (Fsp3) is 0.429. The van der Waals surface area contributed by atoms with Crippen molar-refractivity contribution in [3.05, 3.63) is 30.0 Å². The van der Waals surface area contributed by atoms with Crippen LogP contribution in [0.25, 0.3) is 10.9 Å². The largest absolute Gasteiger partial charge is 0.497 e. The molecule has 2 N–H and O–H groups in total. The van der Waals surface area contributed by atoms with Gasteiger partial charge in [0.1, 0.15) is 5.75 Å². The maximum absolute atomic E-state index is 5.63. The van der Waals surface area contributed by atoms with Gasteiger partial charge < -0.3 is 15.0 Å². The first-order chi connectivity index (χ1) is 8.81. The quantitative estimate of drug-likeness (QED) is 0.889. The van der Waals surface area contributed by atoms with Crippen LogP contribution in [0, 0.1) is 0 Å². The Bertz CT molecular complexity index is 561. The average molecular weight is 245 g/mol. The van der Waals surface area contributed by atoms with Crippen molar-refractivity contribution >= 4 is 10.9 Å². The third kappa shape index (κ3) is 1.87. The fourth-order valence-corrected chi connectivity index (χ4v) is 2.74. The van der Waals surface area contributed by atoms with Crippen LogP contribution in [-0.4, -0.2) is 36.2 Å². The van der Waals surface area contributed by atoms with E-state index in [9.17, 15) is 0 Å². The van der Waals surface area contributed by atoms with Crippen LogP contribution in [0.4, 0.5) is 0 Å². The van der Waals surface area contributed by atoms with E-state index in [1.54, 1.807) is 7.11 Å². The molecule has 4 nitrogen and oxygen atoms in total. The van der Waals surface area contributed by atoms with Gasteiger partial charge in [-0.15, -0.1) is 0 Å². The summed E-state index contributed by atoms with van der Waals surface area (Å²) in [7, 11) is 1.71. The van der Waals surface area contributed by atoms with Gasteiger partial charge in [0.05, 0.1) is 12.6 Å². The van der Waals surface area contributed by atoms with Crippen molar-refractivity contribution in [2.75, 3.05) is 26.7 Å². The van der Waals surface area contributed by atoms with Gasteiger partial charge in [-0.05, 0) is 18.2 Å². The van der Waals surface area contributed by atoms with Crippen molar-refractivity contribution in [2.24, 2.45) is 5.73 Å². The lowest BCUT2D eigenvalue weighted by Crippen LogP contribution is -2.36. The van der Waals surface area contributed by atoms with E-state index in [1.165, 1.54) is 16.6 Å². The second kappa shape index (κ2) is 4.63. The molecule has 1 aromatic heterocycles. The van der Waals surface area contributed by atoms with E-state index in [1.807, 2.05) is 6.07 Å². The molecule has 0 fully saturated rings. The number of nitrogens with two attached hydrogens (primary N) is 1. The van der Waals surface area contributed by atoms with Crippen LogP contribution >= 0.6 is 0 Å². The van der Waals surface area contributed by atoms with Gasteiger partial charge in [0.2, 0.25) is 0 Å². The zero-order valence-corrected chi connectivity index (χ0v) is 10.7. The summed E-state index contributed by atoms with van der Waals surface area (Å²) in [6.07, 6.45) is 0. The van der Waals surface area contributed by atoms with E-state index in [0.29, 0.717) is 0 Å². The minimum absolute atomic E-state index is 0.730. The Labute approximate surface area is 107 Å². The number of hydrogen-bond donors (Lipinski definition) is 1. The number of fused-ring (bicyclic) bond motifs is 3. The Morgan fingerprint density at radius 3 is 2.94 bits per heavy atom. The minimum Gasteiger partial charge on any atom is -0.497 e. The van der Waals surface area contributed by atoms with Crippen molar-refractivity contribution in [1.82, 2.24) is 9.47 Å². The predicted molar refractivity (Wildman–Crippen MR) is 72.8 cm³/mol. The summed E-state index contributed by atoms with van der Waals surface area (Å²) in [6, 6.07) is 8.55. The molecule has 0 aliphatic carbocycles. The molecule has 0 spiro atoms. The zero-order valence-electron chi connectivity index (χ0n) is 10.7. The number of aromatic nitrogens is 1. The van der Waals surface area contributed by atoms with Gasteiger partial charge in [-0.2, -0.15) is 0 Å². The average Bonchev–Trinajstić information content (AvgIpc) is 2.75. The maximum atomic E-state index is 5.63. The van der Waals surface area contributed by atoms with Crippen molar-refractivity contribution in [3.8, 4) is 5.75 Å². The lowest BCUT2D eigenvalue weighted by atomic mass is 10.2. The Hall–Kier alpha value is -1.52. The molecule has 0 radical (unpaired) electrons. The van der Waals surface area contributed by atoms with Crippen molar-refractivity contribution in [3.63, 3.8) is 0 Å². The lowest BCUT2D eigenvalue weighted by Gasteiger charge is -2.28. The molecule has 18 heavy (non-hydrogen) atoms. The number of rotatable bonds is 3. The van der Waals surface area contributed by atoms with Crippen LogP contribution in [-0.2, 0) is 13.1 Å². The molecule has 4 heteroatoms. The predicted octanol–water partition coefficient (Wildman–Crippen LogP) is 1.42. The number of methoxy groups -OCH3 is 1. The van der Waals surface area contributed by atoms with E-state index in [0.717, 1.165) is 38.5 Å². The third-order valence-electron chi connectivity index (χ3n) is 3.67. The van der Waals surface area contributed by atoms with Crippen LogP contribution in [0.3, 0.4) is 0 Å². The molecule has 0 bridgehead atoms. The van der Waals surface area contributed by atoms with Crippen molar-refractivity contribution < 1.29 is 4.74 Å². The van der Waals surface area contributed by atoms with E-state index < -0.39 is 0 Å². The standard InChI is InChI=1S/C14H19N3O/c1-18-13-3-2-11-8-12-10-16(5-4-15)6-7-17(12)14(11)9-13/h2-3,8-9H,4-7,10,15H2,1H3. The van der Waals surface area contributed by atoms with Gasteiger partial charge in [0, 0.05) is 49.9 Å². The number of nitrogens with zero attached hydrogens (tertiary/aromatic N) is 2. The first-order valence-electron chi connectivity index (χ1n) is 6.40. The van der Waals surface area contributed by atoms with Crippen LogP contribution in [0.2, 0.25) is 0 Å². The van der Waals surface area contributed by atoms with E-state index in [2.05, 4.69) is 27.7 Å². The molecule has 0 saturated carbocycles. The highest BCUT2D eigenvalue weighted by molar-refractivity contribution is 5.83. The number of benzene rings is 1. The summed E-state index contributed by atoms with van der Waals surface area (Å²) in [6.45, 7) is 4.81. The van der Waals surface area contributed by atoms with Crippen molar-refractivity contribution in [2.45, 2.75) is 13.1 Å². The molecule has 2 aromatic rings. The monoisotopic (exact) mass is 245 g/mol. The highest BCUT2D eigenvalue weighted by atomic mass is 16.5. The summed E-state index contributed by atoms with van der Waals surface area (Å²) in [5, 5.41) is 1.29. The van der Waals surface area contributed by atoms with Crippen LogP contribution in [0.1, 0.15) is 5.69 Å². The zero-order chi connectivity index (χ0) is 12.5. The van der Waals surface area contributed by atoms with E-state index in [4.69, 9.17) is 10.5 Å². The Balaban J connectivity index is 1.99. The summed E-state index contributed by atoms with van der Waals surface area (Å²) in [5.74, 6) is 0.924. The Kier molecular flexibility index (Phi) is 2.97. The lowest BCUT2D eigenvalue weighted by molar-refractivity contribution is 0.229. The molecule has 0 amide bonds. The van der Waals surface area contributed by atoms with Crippen LogP contribution < -0.4 is 10.5 Å². The summed E-state index contributed by atoms with van der Waals surface area (Å²) in [4.78, 5) is 2.41. The van der Waals surface area contributed by atoms with E-state index in [-0.39, 0.29) is 0 Å². The fourth-order valence-electron chi connectivity index (χ4n) is 2.74. The van der Waals surface area contributed by atoms with Gasteiger partial charge in [-0.25, -0.2) is 0 Å². The second-order valence-corrected chi connectivity index (χ2v) is 4.78. The molecule has 2 heterocycles. The molecule has 0 saturated heterocycles.